The van der Waals surface area contributed by atoms with Gasteiger partial charge < -0.3 is 16.0 Å². The molecule has 8 heteroatoms. The first kappa shape index (κ1) is 23.8. The third-order valence-corrected chi connectivity index (χ3v) is 7.53. The molecule has 6 nitrogen and oxygen atoms in total. The van der Waals surface area contributed by atoms with Gasteiger partial charge in [0.05, 0.1) is 28.7 Å². The van der Waals surface area contributed by atoms with Gasteiger partial charge in [0.1, 0.15) is 11.6 Å². The van der Waals surface area contributed by atoms with Gasteiger partial charge in [0, 0.05) is 40.7 Å². The van der Waals surface area contributed by atoms with Crippen LogP contribution in [0.2, 0.25) is 5.02 Å². The molecule has 0 amide bonds. The normalized spacial score (nSPS) is 17.2. The predicted molar refractivity (Wildman–Crippen MR) is 146 cm³/mol. The number of nitrogens with zero attached hydrogens (tertiary/aromatic N) is 2. The fraction of sp³-hybridized carbons (Fsp3) is 0.276. The second kappa shape index (κ2) is 9.72. The predicted octanol–water partition coefficient (Wildman–Crippen LogP) is 6.51. The van der Waals surface area contributed by atoms with Crippen molar-refractivity contribution in [3.8, 4) is 11.1 Å². The quantitative estimate of drug-likeness (QED) is 0.244. The Labute approximate surface area is 219 Å². The molecule has 0 bridgehead atoms. The molecule has 2 aromatic heterocycles. The highest BCUT2D eigenvalue weighted by atomic mass is 35.5. The van der Waals surface area contributed by atoms with E-state index < -0.39 is 0 Å². The minimum absolute atomic E-state index is 0.0395. The maximum absolute atomic E-state index is 14.5. The first-order valence-electron chi connectivity index (χ1n) is 12.6. The summed E-state index contributed by atoms with van der Waals surface area (Å²) in [5.41, 5.74) is 4.61. The minimum atomic E-state index is -0.357. The fourth-order valence-corrected chi connectivity index (χ4v) is 4.96. The van der Waals surface area contributed by atoms with Crippen LogP contribution in [0.4, 0.5) is 21.6 Å². The molecule has 3 heterocycles. The van der Waals surface area contributed by atoms with E-state index >= 15 is 0 Å². The minimum Gasteiger partial charge on any atom is -0.366 e. The SMILES string of the molecule is Cc1c(F)cc(-c2ccc3ncc(C(=O)C4CC4)c(Nc4ccc(NC5CCNC5)nc4)c3c2)cc1Cl. The van der Waals surface area contributed by atoms with Crippen molar-refractivity contribution in [2.45, 2.75) is 32.2 Å². The summed E-state index contributed by atoms with van der Waals surface area (Å²) < 4.78 is 14.5. The Morgan fingerprint density at radius 1 is 1.05 bits per heavy atom. The average Bonchev–Trinajstić information content (AvgIpc) is 3.64. The Kier molecular flexibility index (Phi) is 6.26. The zero-order valence-corrected chi connectivity index (χ0v) is 21.2. The number of Topliss-reactive ketones (excluding diaryl/α,β-unsaturated/α-hetero) is 1. The molecule has 1 saturated carbocycles. The summed E-state index contributed by atoms with van der Waals surface area (Å²) in [5.74, 6) is 0.586. The number of rotatable bonds is 7. The van der Waals surface area contributed by atoms with Gasteiger partial charge >= 0.3 is 0 Å². The first-order chi connectivity index (χ1) is 18.0. The van der Waals surface area contributed by atoms with Crippen molar-refractivity contribution in [1.29, 1.82) is 0 Å². The standard InChI is InChI=1S/C29H27ClFN5O/c1-16-24(30)11-19(12-25(16)31)18-4-6-26-22(10-18)28(23(15-33-26)29(37)17-2-3-17)36-20-5-7-27(34-14-20)35-21-8-9-32-13-21/h4-7,10-12,14-15,17,21,32H,2-3,8-9,13H2,1H3,(H,33,36)(H,34,35). The van der Waals surface area contributed by atoms with Crippen LogP contribution in [0.15, 0.2) is 54.9 Å². The third-order valence-electron chi connectivity index (χ3n) is 7.14. The maximum atomic E-state index is 14.5. The molecule has 6 rings (SSSR count). The van der Waals surface area contributed by atoms with Gasteiger partial charge in [0.15, 0.2) is 5.78 Å². The van der Waals surface area contributed by atoms with Crippen LogP contribution >= 0.6 is 11.6 Å². The smallest absolute Gasteiger partial charge is 0.169 e. The molecule has 0 radical (unpaired) electrons. The Bertz CT molecular complexity index is 1470. The molecule has 37 heavy (non-hydrogen) atoms. The van der Waals surface area contributed by atoms with Crippen molar-refractivity contribution in [2.24, 2.45) is 5.92 Å². The van der Waals surface area contributed by atoms with Crippen LogP contribution in [0, 0.1) is 18.7 Å². The number of carbonyl (C=O) groups is 1. The number of aromatic nitrogens is 2. The first-order valence-corrected chi connectivity index (χ1v) is 13.0. The van der Waals surface area contributed by atoms with Crippen LogP contribution < -0.4 is 16.0 Å². The fourth-order valence-electron chi connectivity index (χ4n) is 4.76. The lowest BCUT2D eigenvalue weighted by Gasteiger charge is -2.16. The van der Waals surface area contributed by atoms with Crippen molar-refractivity contribution in [1.82, 2.24) is 15.3 Å². The summed E-state index contributed by atoms with van der Waals surface area (Å²) >= 11 is 6.28. The summed E-state index contributed by atoms with van der Waals surface area (Å²) in [5, 5.41) is 11.4. The molecule has 1 unspecified atom stereocenters. The number of hydrogen-bond acceptors (Lipinski definition) is 6. The highest BCUT2D eigenvalue weighted by molar-refractivity contribution is 6.31. The van der Waals surface area contributed by atoms with Gasteiger partial charge in [-0.2, -0.15) is 0 Å². The summed E-state index contributed by atoms with van der Waals surface area (Å²) in [7, 11) is 0. The Hall–Kier alpha value is -3.55. The second-order valence-corrected chi connectivity index (χ2v) is 10.3. The van der Waals surface area contributed by atoms with Crippen molar-refractivity contribution >= 4 is 45.5 Å². The molecule has 2 fully saturated rings. The number of fused-ring (bicyclic) bond motifs is 1. The lowest BCUT2D eigenvalue weighted by Crippen LogP contribution is -2.22. The highest BCUT2D eigenvalue weighted by Gasteiger charge is 2.32. The van der Waals surface area contributed by atoms with Crippen LogP contribution in [0.5, 0.6) is 0 Å². The molecule has 1 aliphatic heterocycles. The van der Waals surface area contributed by atoms with Gasteiger partial charge in [-0.25, -0.2) is 9.37 Å². The average molecular weight is 516 g/mol. The van der Waals surface area contributed by atoms with Crippen LogP contribution in [0.25, 0.3) is 22.0 Å². The molecule has 1 aliphatic carbocycles. The largest absolute Gasteiger partial charge is 0.366 e. The monoisotopic (exact) mass is 515 g/mol. The van der Waals surface area contributed by atoms with Crippen molar-refractivity contribution < 1.29 is 9.18 Å². The van der Waals surface area contributed by atoms with E-state index in [1.807, 2.05) is 30.3 Å². The van der Waals surface area contributed by atoms with E-state index in [-0.39, 0.29) is 17.5 Å². The van der Waals surface area contributed by atoms with Gasteiger partial charge in [0.2, 0.25) is 0 Å². The van der Waals surface area contributed by atoms with E-state index in [0.29, 0.717) is 33.4 Å². The molecule has 4 aromatic rings. The zero-order chi connectivity index (χ0) is 25.5. The number of pyridine rings is 2. The van der Waals surface area contributed by atoms with Crippen LogP contribution in [0.3, 0.4) is 0 Å². The van der Waals surface area contributed by atoms with Gasteiger partial charge in [0.25, 0.3) is 0 Å². The molecule has 188 valence electrons. The Morgan fingerprint density at radius 2 is 1.92 bits per heavy atom. The number of benzene rings is 2. The molecule has 2 aliphatic rings. The summed E-state index contributed by atoms with van der Waals surface area (Å²) in [6.45, 7) is 3.59. The van der Waals surface area contributed by atoms with Crippen molar-refractivity contribution in [3.05, 3.63) is 76.8 Å². The van der Waals surface area contributed by atoms with Gasteiger partial charge in [-0.05, 0) is 80.3 Å². The molecular formula is C29H27ClFN5O. The van der Waals surface area contributed by atoms with E-state index in [2.05, 4.69) is 25.9 Å². The third kappa shape index (κ3) is 4.89. The van der Waals surface area contributed by atoms with Crippen LogP contribution in [-0.4, -0.2) is 34.9 Å². The number of halogens is 2. The van der Waals surface area contributed by atoms with E-state index in [1.54, 1.807) is 25.4 Å². The Morgan fingerprint density at radius 3 is 2.62 bits per heavy atom. The summed E-state index contributed by atoms with van der Waals surface area (Å²) in [6.07, 6.45) is 6.28. The topological polar surface area (TPSA) is 78.9 Å². The van der Waals surface area contributed by atoms with Crippen molar-refractivity contribution in [2.75, 3.05) is 23.7 Å². The lowest BCUT2D eigenvalue weighted by molar-refractivity contribution is 0.0968. The van der Waals surface area contributed by atoms with E-state index in [0.717, 1.165) is 60.3 Å². The number of anilines is 3. The molecule has 0 spiro atoms. The van der Waals surface area contributed by atoms with Gasteiger partial charge in [-0.1, -0.05) is 17.7 Å². The van der Waals surface area contributed by atoms with Crippen molar-refractivity contribution in [3.63, 3.8) is 0 Å². The molecule has 2 aromatic carbocycles. The second-order valence-electron chi connectivity index (χ2n) is 9.87. The zero-order valence-electron chi connectivity index (χ0n) is 20.4. The van der Waals surface area contributed by atoms with Crippen LogP contribution in [0.1, 0.15) is 35.2 Å². The summed E-state index contributed by atoms with van der Waals surface area (Å²) in [6, 6.07) is 13.2. The molecule has 1 atom stereocenters. The Balaban J connectivity index is 1.40. The number of nitrogens with one attached hydrogen (secondary N) is 3. The van der Waals surface area contributed by atoms with E-state index in [1.165, 1.54) is 6.07 Å². The van der Waals surface area contributed by atoms with E-state index in [4.69, 9.17) is 11.6 Å². The number of ketones is 1. The van der Waals surface area contributed by atoms with Crippen LogP contribution in [-0.2, 0) is 0 Å². The van der Waals surface area contributed by atoms with E-state index in [9.17, 15) is 9.18 Å². The molecule has 3 N–H and O–H groups in total. The lowest BCUT2D eigenvalue weighted by atomic mass is 9.98. The number of carbonyl (C=O) groups excluding carboxylic acids is 1. The molecule has 1 saturated heterocycles. The highest BCUT2D eigenvalue weighted by Crippen LogP contribution is 2.39. The summed E-state index contributed by atoms with van der Waals surface area (Å²) in [4.78, 5) is 22.4. The van der Waals surface area contributed by atoms with Gasteiger partial charge in [-0.15, -0.1) is 0 Å². The number of hydrogen-bond donors (Lipinski definition) is 3. The van der Waals surface area contributed by atoms with Gasteiger partial charge in [-0.3, -0.25) is 9.78 Å². The molecular weight excluding hydrogens is 489 g/mol. The maximum Gasteiger partial charge on any atom is 0.169 e.